The molecule has 1 saturated heterocycles. The van der Waals surface area contributed by atoms with Crippen LogP contribution in [-0.2, 0) is 21.3 Å². The van der Waals surface area contributed by atoms with Gasteiger partial charge in [-0.2, -0.15) is 4.31 Å². The van der Waals surface area contributed by atoms with E-state index in [1.54, 1.807) is 17.5 Å². The summed E-state index contributed by atoms with van der Waals surface area (Å²) in [7, 11) is -1.76. The van der Waals surface area contributed by atoms with Crippen LogP contribution in [0.5, 0.6) is 0 Å². The number of sulfonamides is 1. The maximum atomic E-state index is 12.7. The van der Waals surface area contributed by atoms with E-state index in [1.165, 1.54) is 11.3 Å². The number of methoxy groups -OCH3 is 1. The molecule has 0 saturated carbocycles. The van der Waals surface area contributed by atoms with Crippen LogP contribution in [0.15, 0.2) is 16.3 Å². The van der Waals surface area contributed by atoms with Crippen LogP contribution in [0, 0.1) is 0 Å². The maximum Gasteiger partial charge on any atom is 0.244 e. The molecule has 2 heterocycles. The molecule has 20 heavy (non-hydrogen) atoms. The average Bonchev–Trinajstić information content (AvgIpc) is 2.94. The molecule has 1 aliphatic heterocycles. The minimum absolute atomic E-state index is 0.00868. The predicted molar refractivity (Wildman–Crippen MR) is 80.5 cm³/mol. The van der Waals surface area contributed by atoms with Gasteiger partial charge in [-0.05, 0) is 30.8 Å². The van der Waals surface area contributed by atoms with Crippen molar-refractivity contribution in [2.45, 2.75) is 37.3 Å². The smallest absolute Gasteiger partial charge is 0.244 e. The van der Waals surface area contributed by atoms with E-state index in [9.17, 15) is 8.42 Å². The molecule has 1 fully saturated rings. The second kappa shape index (κ2) is 7.00. The molecule has 5 nitrogen and oxygen atoms in total. The minimum atomic E-state index is -3.40. The van der Waals surface area contributed by atoms with Crippen molar-refractivity contribution in [2.24, 2.45) is 0 Å². The van der Waals surface area contributed by atoms with E-state index in [0.29, 0.717) is 24.5 Å². The molecular weight excluding hydrogens is 296 g/mol. The van der Waals surface area contributed by atoms with Crippen LogP contribution in [0.25, 0.3) is 0 Å². The summed E-state index contributed by atoms with van der Waals surface area (Å²) in [5.41, 5.74) is 0. The van der Waals surface area contributed by atoms with Gasteiger partial charge in [0.1, 0.15) is 0 Å². The normalized spacial score (nSPS) is 21.2. The molecule has 1 aromatic rings. The molecule has 1 atom stereocenters. The Kier molecular flexibility index (Phi) is 5.57. The van der Waals surface area contributed by atoms with Gasteiger partial charge in [0.2, 0.25) is 10.0 Å². The zero-order chi connectivity index (χ0) is 14.6. The van der Waals surface area contributed by atoms with E-state index >= 15 is 0 Å². The molecule has 0 aromatic carbocycles. The van der Waals surface area contributed by atoms with Crippen LogP contribution in [0.1, 0.15) is 24.6 Å². The van der Waals surface area contributed by atoms with Crippen molar-refractivity contribution in [1.82, 2.24) is 9.62 Å². The maximum absolute atomic E-state index is 12.7. The van der Waals surface area contributed by atoms with E-state index < -0.39 is 10.0 Å². The lowest BCUT2D eigenvalue weighted by atomic mass is 10.1. The van der Waals surface area contributed by atoms with Crippen LogP contribution in [0.2, 0.25) is 0 Å². The highest BCUT2D eigenvalue weighted by Gasteiger charge is 2.32. The third-order valence-corrected chi connectivity index (χ3v) is 6.53. The Morgan fingerprint density at radius 2 is 2.35 bits per heavy atom. The summed E-state index contributed by atoms with van der Waals surface area (Å²) < 4.78 is 32.4. The number of nitrogens with zero attached hydrogens (tertiary/aromatic N) is 1. The molecule has 114 valence electrons. The third-order valence-electron chi connectivity index (χ3n) is 3.53. The van der Waals surface area contributed by atoms with Crippen molar-refractivity contribution in [3.63, 3.8) is 0 Å². The Labute approximate surface area is 125 Å². The van der Waals surface area contributed by atoms with E-state index in [4.69, 9.17) is 4.74 Å². The minimum Gasteiger partial charge on any atom is -0.380 e. The van der Waals surface area contributed by atoms with Crippen molar-refractivity contribution in [2.75, 3.05) is 26.7 Å². The Balaban J connectivity index is 2.19. The monoisotopic (exact) mass is 318 g/mol. The molecule has 1 aliphatic rings. The van der Waals surface area contributed by atoms with E-state index in [0.717, 1.165) is 24.3 Å². The molecule has 0 bridgehead atoms. The summed E-state index contributed by atoms with van der Waals surface area (Å²) in [6.45, 7) is 4.47. The third kappa shape index (κ3) is 3.40. The van der Waals surface area contributed by atoms with Crippen molar-refractivity contribution < 1.29 is 13.2 Å². The summed E-state index contributed by atoms with van der Waals surface area (Å²) in [4.78, 5) is 1.33. The number of ether oxygens (including phenoxy) is 1. The largest absolute Gasteiger partial charge is 0.380 e. The molecule has 0 amide bonds. The van der Waals surface area contributed by atoms with Gasteiger partial charge in [-0.25, -0.2) is 8.42 Å². The van der Waals surface area contributed by atoms with Crippen LogP contribution in [0.4, 0.5) is 0 Å². The van der Waals surface area contributed by atoms with Gasteiger partial charge < -0.3 is 10.1 Å². The van der Waals surface area contributed by atoms with E-state index in [2.05, 4.69) is 5.32 Å². The summed E-state index contributed by atoms with van der Waals surface area (Å²) in [6, 6.07) is 1.71. The molecule has 1 N–H and O–H groups in total. The van der Waals surface area contributed by atoms with Crippen molar-refractivity contribution >= 4 is 21.4 Å². The number of hydrogen-bond acceptors (Lipinski definition) is 5. The first-order valence-corrected chi connectivity index (χ1v) is 9.21. The molecule has 1 aromatic heterocycles. The lowest BCUT2D eigenvalue weighted by molar-refractivity contribution is 0.0572. The zero-order valence-corrected chi connectivity index (χ0v) is 13.6. The number of hydrogen-bond donors (Lipinski definition) is 1. The van der Waals surface area contributed by atoms with Gasteiger partial charge in [-0.3, -0.25) is 0 Å². The quantitative estimate of drug-likeness (QED) is 0.866. The zero-order valence-electron chi connectivity index (χ0n) is 12.0. The SMILES string of the molecule is CCNCc1sccc1S(=O)(=O)N1CCCC(OC)C1. The summed E-state index contributed by atoms with van der Waals surface area (Å²) in [5.74, 6) is 0. The fourth-order valence-electron chi connectivity index (χ4n) is 2.38. The standard InChI is InChI=1S/C13H22N2O3S2/c1-3-14-9-12-13(6-8-19-12)20(16,17)15-7-4-5-11(10-15)18-2/h6,8,11,14H,3-5,7,9-10H2,1-2H3. The van der Waals surface area contributed by atoms with Crippen LogP contribution in [-0.4, -0.2) is 45.6 Å². The molecule has 0 radical (unpaired) electrons. The number of nitrogens with one attached hydrogen (secondary N) is 1. The Bertz CT molecular complexity index is 527. The highest BCUT2D eigenvalue weighted by Crippen LogP contribution is 2.27. The highest BCUT2D eigenvalue weighted by atomic mass is 32.2. The van der Waals surface area contributed by atoms with Crippen LogP contribution >= 0.6 is 11.3 Å². The summed E-state index contributed by atoms with van der Waals surface area (Å²) in [5, 5.41) is 5.03. The van der Waals surface area contributed by atoms with E-state index in [1.807, 2.05) is 12.3 Å². The first-order chi connectivity index (χ1) is 9.59. The topological polar surface area (TPSA) is 58.6 Å². The average molecular weight is 318 g/mol. The van der Waals surface area contributed by atoms with Gasteiger partial charge in [-0.1, -0.05) is 6.92 Å². The fourth-order valence-corrected chi connectivity index (χ4v) is 5.28. The lowest BCUT2D eigenvalue weighted by Gasteiger charge is -2.31. The van der Waals surface area contributed by atoms with Gasteiger partial charge >= 0.3 is 0 Å². The summed E-state index contributed by atoms with van der Waals surface area (Å²) in [6.07, 6.45) is 1.79. The Morgan fingerprint density at radius 3 is 3.05 bits per heavy atom. The van der Waals surface area contributed by atoms with Gasteiger partial charge in [0.05, 0.1) is 11.0 Å². The van der Waals surface area contributed by atoms with Gasteiger partial charge in [-0.15, -0.1) is 11.3 Å². The van der Waals surface area contributed by atoms with Gasteiger partial charge in [0, 0.05) is 31.6 Å². The lowest BCUT2D eigenvalue weighted by Crippen LogP contribution is -2.43. The second-order valence-corrected chi connectivity index (χ2v) is 7.76. The number of rotatable bonds is 6. The molecule has 1 unspecified atom stereocenters. The molecule has 7 heteroatoms. The molecule has 2 rings (SSSR count). The second-order valence-electron chi connectivity index (χ2n) is 4.85. The Hall–Kier alpha value is -0.470. The molecule has 0 aliphatic carbocycles. The van der Waals surface area contributed by atoms with E-state index in [-0.39, 0.29) is 6.10 Å². The van der Waals surface area contributed by atoms with Crippen LogP contribution < -0.4 is 5.32 Å². The number of thiophene rings is 1. The fraction of sp³-hybridized carbons (Fsp3) is 0.692. The van der Waals surface area contributed by atoms with Crippen molar-refractivity contribution in [3.05, 3.63) is 16.3 Å². The predicted octanol–water partition coefficient (Wildman–Crippen LogP) is 1.66. The first kappa shape index (κ1) is 15.9. The van der Waals surface area contributed by atoms with Crippen molar-refractivity contribution in [3.8, 4) is 0 Å². The first-order valence-electron chi connectivity index (χ1n) is 6.89. The van der Waals surface area contributed by atoms with Gasteiger partial charge in [0.25, 0.3) is 0 Å². The molecule has 0 spiro atoms. The highest BCUT2D eigenvalue weighted by molar-refractivity contribution is 7.89. The van der Waals surface area contributed by atoms with Gasteiger partial charge in [0.15, 0.2) is 0 Å². The number of piperidine rings is 1. The van der Waals surface area contributed by atoms with Crippen LogP contribution in [0.3, 0.4) is 0 Å². The molecular formula is C13H22N2O3S2. The Morgan fingerprint density at radius 1 is 1.55 bits per heavy atom. The van der Waals surface area contributed by atoms with Crippen molar-refractivity contribution in [1.29, 1.82) is 0 Å². The summed E-state index contributed by atoms with van der Waals surface area (Å²) >= 11 is 1.49.